The van der Waals surface area contributed by atoms with E-state index in [0.717, 1.165) is 48.4 Å². The summed E-state index contributed by atoms with van der Waals surface area (Å²) in [6, 6.07) is 2.77. The van der Waals surface area contributed by atoms with Crippen molar-refractivity contribution in [3.63, 3.8) is 0 Å². The number of oxime groups is 1. The molecule has 2 aliphatic heterocycles. The zero-order valence-electron chi connectivity index (χ0n) is 27.0. The first-order chi connectivity index (χ1) is 23.3. The number of unbranched alkanes of at least 4 members (excludes halogenated alkanes) is 1. The maximum atomic E-state index is 13.5. The van der Waals surface area contributed by atoms with Gasteiger partial charge >= 0.3 is 17.6 Å². The lowest BCUT2D eigenvalue weighted by Crippen LogP contribution is -2.71. The first-order valence-corrected chi connectivity index (χ1v) is 17.8. The minimum Gasteiger partial charge on any atom is -0.478 e. The molecule has 1 unspecified atom stereocenters. The molecule has 3 aromatic heterocycles. The molecule has 5 heterocycles. The van der Waals surface area contributed by atoms with Crippen molar-refractivity contribution in [2.75, 3.05) is 11.5 Å². The maximum absolute atomic E-state index is 13.5. The summed E-state index contributed by atoms with van der Waals surface area (Å²) >= 11 is 8.36. The zero-order valence-corrected chi connectivity index (χ0v) is 29.3. The van der Waals surface area contributed by atoms with Crippen LogP contribution in [0.4, 0.5) is 5.13 Å². The molecule has 0 bridgehead atoms. The fourth-order valence-electron chi connectivity index (χ4n) is 5.47. The number of rotatable bonds is 15. The number of amides is 2. The van der Waals surface area contributed by atoms with Crippen molar-refractivity contribution in [2.45, 2.75) is 83.1 Å². The summed E-state index contributed by atoms with van der Waals surface area (Å²) < 4.78 is 4.06. The van der Waals surface area contributed by atoms with Gasteiger partial charge in [0.1, 0.15) is 39.2 Å². The van der Waals surface area contributed by atoms with Crippen LogP contribution in [0.25, 0.3) is 11.2 Å². The fraction of sp³-hybridized carbons (Fsp3) is 0.467. The van der Waals surface area contributed by atoms with Gasteiger partial charge in [-0.3, -0.25) is 14.5 Å². The number of nitrogens with zero attached hydrogens (tertiary/aromatic N) is 6. The number of nitrogens with two attached hydrogens (primary N) is 2. The number of aliphatic carboxylic acids is 2. The third kappa shape index (κ3) is 7.51. The van der Waals surface area contributed by atoms with Crippen molar-refractivity contribution >= 4 is 80.5 Å². The maximum Gasteiger partial charge on any atom is 0.352 e. The van der Waals surface area contributed by atoms with E-state index in [1.807, 2.05) is 29.8 Å². The Morgan fingerprint density at radius 3 is 2.67 bits per heavy atom. The zero-order chi connectivity index (χ0) is 35.6. The van der Waals surface area contributed by atoms with Crippen LogP contribution >= 0.6 is 34.7 Å². The van der Waals surface area contributed by atoms with Gasteiger partial charge in [0.25, 0.3) is 11.8 Å². The third-order valence-electron chi connectivity index (χ3n) is 8.01. The Morgan fingerprint density at radius 1 is 1.29 bits per heavy atom. The van der Waals surface area contributed by atoms with Crippen LogP contribution in [-0.2, 0) is 43.5 Å². The summed E-state index contributed by atoms with van der Waals surface area (Å²) in [5.41, 5.74) is 13.1. The summed E-state index contributed by atoms with van der Waals surface area (Å²) in [4.78, 5) is 65.9. The SMILES string of the molecule is CCCCc1nc2c(ccc[n+]2CC2=C(C(=O)O)N3C(=O)[C@@H](NC(=O)/C(=N\O[C@@H](C)C(=O)O)c4nc(N)sc4Cl)C3SC2)n1CC[C@H](C)N. The Kier molecular flexibility index (Phi) is 11.1. The van der Waals surface area contributed by atoms with E-state index in [0.29, 0.717) is 17.8 Å². The molecule has 19 heteroatoms. The van der Waals surface area contributed by atoms with Gasteiger partial charge in [-0.25, -0.2) is 19.1 Å². The number of thioether (sulfide) groups is 1. The molecule has 7 N–H and O–H groups in total. The number of hydrogen-bond donors (Lipinski definition) is 5. The van der Waals surface area contributed by atoms with Gasteiger partial charge < -0.3 is 36.4 Å². The molecule has 49 heavy (non-hydrogen) atoms. The van der Waals surface area contributed by atoms with Crippen molar-refractivity contribution in [3.05, 3.63) is 45.5 Å². The van der Waals surface area contributed by atoms with Crippen LogP contribution in [0.1, 0.15) is 51.6 Å². The number of halogens is 1. The van der Waals surface area contributed by atoms with E-state index >= 15 is 0 Å². The predicted molar refractivity (Wildman–Crippen MR) is 183 cm³/mol. The average Bonchev–Trinajstić information content (AvgIpc) is 3.59. The molecule has 1 saturated heterocycles. The number of carbonyl (C=O) groups is 4. The Bertz CT molecular complexity index is 1860. The van der Waals surface area contributed by atoms with Crippen LogP contribution in [-0.4, -0.2) is 88.4 Å². The number of carboxylic acid groups (broad SMARTS) is 2. The number of carbonyl (C=O) groups excluding carboxylic acids is 2. The highest BCUT2D eigenvalue weighted by Crippen LogP contribution is 2.40. The lowest BCUT2D eigenvalue weighted by molar-refractivity contribution is -0.664. The molecule has 0 saturated carbocycles. The van der Waals surface area contributed by atoms with Crippen LogP contribution in [0.15, 0.2) is 34.8 Å². The molecule has 0 radical (unpaired) electrons. The van der Waals surface area contributed by atoms with Crippen LogP contribution in [0, 0.1) is 0 Å². The number of aryl methyl sites for hydroxylation is 2. The molecule has 0 spiro atoms. The Labute approximate surface area is 294 Å². The van der Waals surface area contributed by atoms with Gasteiger partial charge in [-0.15, -0.1) is 11.8 Å². The standard InChI is InChI=1S/C30H36ClN9O7S2/c1-4-5-8-18-34-24-17(39(18)11-9-14(2)32)7-6-10-38(24)12-16-13-48-27-21(26(42)40(27)22(16)29(45)46)35-25(41)20(37-47-15(3)28(43)44)19-23(31)49-30(33)36-19/h6-7,10,14-15,21,27H,4-5,8-9,11-13,32H2,1-3H3,(H4-,33,35,36,41,43,44,45,46)/p+1/b37-20-/t14-,15-,21+,27?/m0/s1. The van der Waals surface area contributed by atoms with Gasteiger partial charge in [-0.2, -0.15) is 0 Å². The van der Waals surface area contributed by atoms with Crippen LogP contribution < -0.4 is 21.4 Å². The highest BCUT2D eigenvalue weighted by molar-refractivity contribution is 8.00. The molecule has 4 atom stereocenters. The first kappa shape index (κ1) is 36.0. The van der Waals surface area contributed by atoms with E-state index in [-0.39, 0.29) is 39.2 Å². The Hall–Kier alpha value is -4.26. The molecule has 262 valence electrons. The first-order valence-electron chi connectivity index (χ1n) is 15.5. The monoisotopic (exact) mass is 734 g/mol. The number of anilines is 1. The van der Waals surface area contributed by atoms with Gasteiger partial charge in [-0.1, -0.05) is 41.4 Å². The average molecular weight is 735 g/mol. The number of fused-ring (bicyclic) bond motifs is 2. The Balaban J connectivity index is 1.40. The number of carboxylic acids is 2. The number of pyridine rings is 1. The van der Waals surface area contributed by atoms with Crippen molar-refractivity contribution in [3.8, 4) is 0 Å². The second kappa shape index (κ2) is 15.1. The number of nitrogens with one attached hydrogen (secondary N) is 1. The van der Waals surface area contributed by atoms with Crippen LogP contribution in [0.2, 0.25) is 4.34 Å². The number of β-lactam (4-membered cyclic amide) rings is 1. The molecule has 1 fully saturated rings. The van der Waals surface area contributed by atoms with E-state index < -0.39 is 47.0 Å². The van der Waals surface area contributed by atoms with Gasteiger partial charge in [-0.05, 0) is 43.8 Å². The van der Waals surface area contributed by atoms with E-state index in [2.05, 4.69) is 26.9 Å². The van der Waals surface area contributed by atoms with E-state index in [1.54, 1.807) is 0 Å². The summed E-state index contributed by atoms with van der Waals surface area (Å²) in [7, 11) is 0. The number of aromatic nitrogens is 4. The molecular weight excluding hydrogens is 698 g/mol. The largest absolute Gasteiger partial charge is 0.478 e. The topological polar surface area (TPSA) is 232 Å². The fourth-order valence-corrected chi connectivity index (χ4v) is 7.74. The molecule has 0 aliphatic carbocycles. The number of hydrogen-bond acceptors (Lipinski definition) is 12. The lowest BCUT2D eigenvalue weighted by atomic mass is 10.0. The highest BCUT2D eigenvalue weighted by atomic mass is 35.5. The van der Waals surface area contributed by atoms with Gasteiger partial charge in [0.2, 0.25) is 11.9 Å². The summed E-state index contributed by atoms with van der Waals surface area (Å²) in [6.45, 7) is 6.16. The van der Waals surface area contributed by atoms with Crippen molar-refractivity contribution in [1.29, 1.82) is 0 Å². The second-order valence-electron chi connectivity index (χ2n) is 11.7. The highest BCUT2D eigenvalue weighted by Gasteiger charge is 2.54. The second-order valence-corrected chi connectivity index (χ2v) is 14.5. The van der Waals surface area contributed by atoms with E-state index in [9.17, 15) is 24.3 Å². The molecule has 5 rings (SSSR count). The van der Waals surface area contributed by atoms with Crippen molar-refractivity contribution in [1.82, 2.24) is 24.8 Å². The molecular formula is C30H37ClN9O7S2+. The lowest BCUT2D eigenvalue weighted by Gasteiger charge is -2.49. The molecule has 3 aromatic rings. The van der Waals surface area contributed by atoms with E-state index in [1.165, 1.54) is 23.6 Å². The minimum absolute atomic E-state index is 0.00361. The number of imidazole rings is 1. The minimum atomic E-state index is -1.41. The molecule has 16 nitrogen and oxygen atoms in total. The summed E-state index contributed by atoms with van der Waals surface area (Å²) in [6.07, 6.45) is 3.96. The molecule has 2 amide bonds. The molecule has 2 aliphatic rings. The number of thiazole rings is 1. The number of nitrogen functional groups attached to an aromatic ring is 1. The van der Waals surface area contributed by atoms with Gasteiger partial charge in [0.05, 0.1) is 6.20 Å². The van der Waals surface area contributed by atoms with Gasteiger partial charge in [0.15, 0.2) is 10.8 Å². The van der Waals surface area contributed by atoms with E-state index in [4.69, 9.17) is 38.0 Å². The Morgan fingerprint density at radius 2 is 2.04 bits per heavy atom. The summed E-state index contributed by atoms with van der Waals surface area (Å²) in [5.74, 6) is -2.99. The van der Waals surface area contributed by atoms with Crippen LogP contribution in [0.3, 0.4) is 0 Å². The third-order valence-corrected chi connectivity index (χ3v) is 10.4. The smallest absolute Gasteiger partial charge is 0.352 e. The predicted octanol–water partition coefficient (Wildman–Crippen LogP) is 1.73. The van der Waals surface area contributed by atoms with Crippen molar-refractivity contribution in [2.24, 2.45) is 10.9 Å². The normalized spacial score (nSPS) is 19.0. The quantitative estimate of drug-likeness (QED) is 0.0650. The summed E-state index contributed by atoms with van der Waals surface area (Å²) in [5, 5.41) is 25.0. The van der Waals surface area contributed by atoms with Crippen molar-refractivity contribution < 1.29 is 38.8 Å². The van der Waals surface area contributed by atoms with Crippen LogP contribution in [0.5, 0.6) is 0 Å². The van der Waals surface area contributed by atoms with Gasteiger partial charge in [0, 0.05) is 30.3 Å². The molecule has 0 aromatic carbocycles.